The average molecular weight is 426 g/mol. The average Bonchev–Trinajstić information content (AvgIpc) is 2.74. The van der Waals surface area contributed by atoms with E-state index >= 15 is 0 Å². The number of aromatic nitrogens is 3. The first-order valence-electron chi connectivity index (χ1n) is 12.0. The van der Waals surface area contributed by atoms with E-state index in [1.54, 1.807) is 0 Å². The van der Waals surface area contributed by atoms with Crippen molar-refractivity contribution in [3.63, 3.8) is 0 Å². The van der Waals surface area contributed by atoms with E-state index < -0.39 is 0 Å². The number of aliphatic hydroxyl groups excluding tert-OH is 1. The van der Waals surface area contributed by atoms with Gasteiger partial charge < -0.3 is 14.6 Å². The molecule has 2 aliphatic carbocycles. The molecule has 168 valence electrons. The van der Waals surface area contributed by atoms with Crippen molar-refractivity contribution in [2.45, 2.75) is 89.8 Å². The van der Waals surface area contributed by atoms with Crippen LogP contribution in [0.15, 0.2) is 12.4 Å². The highest BCUT2D eigenvalue weighted by Gasteiger charge is 2.36. The molecule has 2 saturated carbocycles. The van der Waals surface area contributed by atoms with E-state index in [-0.39, 0.29) is 12.2 Å². The lowest BCUT2D eigenvalue weighted by atomic mass is 9.63. The van der Waals surface area contributed by atoms with Crippen molar-refractivity contribution in [3.8, 4) is 5.88 Å². The SMILES string of the molecule is CC1(C)CC(Cc2ncc3c(OC4CCOCC4)ncc(C4CCC(O)CC4)c3n2)C1. The maximum atomic E-state index is 9.96. The summed E-state index contributed by atoms with van der Waals surface area (Å²) in [4.78, 5) is 14.5. The summed E-state index contributed by atoms with van der Waals surface area (Å²) in [5, 5.41) is 10.9. The standard InChI is InChI=1S/C25H35N3O3/c1-25(2)12-16(13-25)11-22-26-15-21-23(28-22)20(17-3-5-18(29)6-4-17)14-27-24(21)31-19-7-9-30-10-8-19/h14-19,29H,3-13H2,1-2H3. The second kappa shape index (κ2) is 8.62. The first kappa shape index (κ1) is 21.1. The molecule has 0 radical (unpaired) electrons. The van der Waals surface area contributed by atoms with Gasteiger partial charge >= 0.3 is 0 Å². The third-order valence-electron chi connectivity index (χ3n) is 7.40. The lowest BCUT2D eigenvalue weighted by molar-refractivity contribution is 0.0244. The molecule has 2 aromatic heterocycles. The molecule has 0 aromatic carbocycles. The molecule has 0 atom stereocenters. The Bertz CT molecular complexity index is 910. The summed E-state index contributed by atoms with van der Waals surface area (Å²) in [5.41, 5.74) is 2.66. The zero-order valence-electron chi connectivity index (χ0n) is 18.8. The zero-order chi connectivity index (χ0) is 21.4. The summed E-state index contributed by atoms with van der Waals surface area (Å²) in [5.74, 6) is 2.66. The van der Waals surface area contributed by atoms with Crippen LogP contribution in [0.4, 0.5) is 0 Å². The van der Waals surface area contributed by atoms with Crippen LogP contribution in [0.2, 0.25) is 0 Å². The lowest BCUT2D eigenvalue weighted by Gasteiger charge is -2.42. The molecule has 0 unspecified atom stereocenters. The van der Waals surface area contributed by atoms with Crippen molar-refractivity contribution in [3.05, 3.63) is 23.8 Å². The predicted octanol–water partition coefficient (Wildman–Crippen LogP) is 4.58. The van der Waals surface area contributed by atoms with E-state index in [2.05, 4.69) is 13.8 Å². The van der Waals surface area contributed by atoms with Crippen LogP contribution in [-0.4, -0.2) is 45.5 Å². The largest absolute Gasteiger partial charge is 0.474 e. The number of hydrogen-bond acceptors (Lipinski definition) is 6. The second-order valence-electron chi connectivity index (χ2n) is 10.6. The van der Waals surface area contributed by atoms with E-state index in [0.717, 1.165) is 74.9 Å². The minimum atomic E-state index is -0.168. The molecule has 3 fully saturated rings. The molecule has 5 rings (SSSR count). The Balaban J connectivity index is 1.45. The van der Waals surface area contributed by atoms with Crippen LogP contribution >= 0.6 is 0 Å². The Morgan fingerprint density at radius 3 is 2.48 bits per heavy atom. The van der Waals surface area contributed by atoms with Crippen LogP contribution in [0.1, 0.15) is 82.5 Å². The van der Waals surface area contributed by atoms with Crippen LogP contribution in [0.25, 0.3) is 10.9 Å². The third-order valence-corrected chi connectivity index (χ3v) is 7.40. The predicted molar refractivity (Wildman–Crippen MR) is 119 cm³/mol. The molecule has 1 saturated heterocycles. The molecule has 3 aliphatic rings. The van der Waals surface area contributed by atoms with Gasteiger partial charge in [-0.3, -0.25) is 0 Å². The third kappa shape index (κ3) is 4.70. The van der Waals surface area contributed by atoms with E-state index in [4.69, 9.17) is 24.4 Å². The number of nitrogens with zero attached hydrogens (tertiary/aromatic N) is 3. The van der Waals surface area contributed by atoms with E-state index in [1.165, 1.54) is 18.4 Å². The first-order chi connectivity index (χ1) is 15.0. The summed E-state index contributed by atoms with van der Waals surface area (Å²) in [6.45, 7) is 6.16. The molecule has 0 amide bonds. The fourth-order valence-corrected chi connectivity index (χ4v) is 5.79. The maximum Gasteiger partial charge on any atom is 0.224 e. The van der Waals surface area contributed by atoms with Crippen LogP contribution < -0.4 is 4.74 Å². The van der Waals surface area contributed by atoms with Crippen LogP contribution in [0.5, 0.6) is 5.88 Å². The van der Waals surface area contributed by atoms with E-state index in [9.17, 15) is 5.11 Å². The van der Waals surface area contributed by atoms with Crippen LogP contribution in [0, 0.1) is 11.3 Å². The van der Waals surface area contributed by atoms with Gasteiger partial charge in [-0.05, 0) is 55.8 Å². The lowest BCUT2D eigenvalue weighted by Crippen LogP contribution is -2.33. The van der Waals surface area contributed by atoms with Gasteiger partial charge in [0.25, 0.3) is 0 Å². The van der Waals surface area contributed by atoms with Gasteiger partial charge in [0, 0.05) is 37.2 Å². The van der Waals surface area contributed by atoms with Crippen molar-refractivity contribution in [2.24, 2.45) is 11.3 Å². The molecule has 0 bridgehead atoms. The molecular formula is C25H35N3O3. The Morgan fingerprint density at radius 2 is 1.77 bits per heavy atom. The van der Waals surface area contributed by atoms with Gasteiger partial charge in [0.1, 0.15) is 11.9 Å². The van der Waals surface area contributed by atoms with Crippen LogP contribution in [-0.2, 0) is 11.2 Å². The highest BCUT2D eigenvalue weighted by Crippen LogP contribution is 2.46. The van der Waals surface area contributed by atoms with Gasteiger partial charge in [-0.15, -0.1) is 0 Å². The second-order valence-corrected chi connectivity index (χ2v) is 10.6. The number of hydrogen-bond donors (Lipinski definition) is 1. The number of ether oxygens (including phenoxy) is 2. The van der Waals surface area contributed by atoms with Crippen molar-refractivity contribution in [1.82, 2.24) is 15.0 Å². The highest BCUT2D eigenvalue weighted by atomic mass is 16.5. The van der Waals surface area contributed by atoms with Gasteiger partial charge in [-0.25, -0.2) is 15.0 Å². The molecular weight excluding hydrogens is 390 g/mol. The van der Waals surface area contributed by atoms with Crippen LogP contribution in [0.3, 0.4) is 0 Å². The quantitative estimate of drug-likeness (QED) is 0.756. The number of aliphatic hydroxyl groups is 1. The number of fused-ring (bicyclic) bond motifs is 1. The van der Waals surface area contributed by atoms with Gasteiger partial charge in [-0.1, -0.05) is 13.8 Å². The molecule has 1 N–H and O–H groups in total. The molecule has 1 aliphatic heterocycles. The van der Waals surface area contributed by atoms with Gasteiger partial charge in [0.2, 0.25) is 5.88 Å². The summed E-state index contributed by atoms with van der Waals surface area (Å²) >= 11 is 0. The fourth-order valence-electron chi connectivity index (χ4n) is 5.79. The topological polar surface area (TPSA) is 77.4 Å². The molecule has 2 aromatic rings. The van der Waals surface area contributed by atoms with Gasteiger partial charge in [0.15, 0.2) is 0 Å². The van der Waals surface area contributed by atoms with Crippen molar-refractivity contribution < 1.29 is 14.6 Å². The number of rotatable bonds is 5. The molecule has 6 heteroatoms. The molecule has 3 heterocycles. The smallest absolute Gasteiger partial charge is 0.224 e. The first-order valence-corrected chi connectivity index (χ1v) is 12.0. The Hall–Kier alpha value is -1.79. The van der Waals surface area contributed by atoms with E-state index in [0.29, 0.717) is 23.1 Å². The maximum absolute atomic E-state index is 9.96. The fraction of sp³-hybridized carbons (Fsp3) is 0.720. The van der Waals surface area contributed by atoms with Crippen molar-refractivity contribution in [2.75, 3.05) is 13.2 Å². The minimum absolute atomic E-state index is 0.136. The Labute approximate surface area is 184 Å². The Kier molecular flexibility index (Phi) is 5.86. The number of pyridine rings is 1. The highest BCUT2D eigenvalue weighted by molar-refractivity contribution is 5.85. The van der Waals surface area contributed by atoms with Gasteiger partial charge in [0.05, 0.1) is 30.2 Å². The summed E-state index contributed by atoms with van der Waals surface area (Å²) in [6, 6.07) is 0. The zero-order valence-corrected chi connectivity index (χ0v) is 18.8. The van der Waals surface area contributed by atoms with Gasteiger partial charge in [-0.2, -0.15) is 0 Å². The normalized spacial score (nSPS) is 27.2. The summed E-state index contributed by atoms with van der Waals surface area (Å²) in [7, 11) is 0. The minimum Gasteiger partial charge on any atom is -0.474 e. The monoisotopic (exact) mass is 425 g/mol. The van der Waals surface area contributed by atoms with Crippen molar-refractivity contribution >= 4 is 10.9 Å². The van der Waals surface area contributed by atoms with E-state index in [1.807, 2.05) is 12.4 Å². The summed E-state index contributed by atoms with van der Waals surface area (Å²) in [6.07, 6.45) is 12.8. The molecule has 6 nitrogen and oxygen atoms in total. The van der Waals surface area contributed by atoms with Crippen molar-refractivity contribution in [1.29, 1.82) is 0 Å². The Morgan fingerprint density at radius 1 is 1.03 bits per heavy atom. The summed E-state index contributed by atoms with van der Waals surface area (Å²) < 4.78 is 11.8. The molecule has 31 heavy (non-hydrogen) atoms. The molecule has 0 spiro atoms.